The van der Waals surface area contributed by atoms with Gasteiger partial charge in [-0.1, -0.05) is 17.7 Å². The van der Waals surface area contributed by atoms with Gasteiger partial charge in [-0.25, -0.2) is 0 Å². The molecule has 90 valence electrons. The summed E-state index contributed by atoms with van der Waals surface area (Å²) in [5, 5.41) is 4.46. The first-order valence-electron chi connectivity index (χ1n) is 5.61. The monoisotopic (exact) mass is 247 g/mol. The van der Waals surface area contributed by atoms with Crippen LogP contribution >= 0.6 is 11.8 Å². The zero-order chi connectivity index (χ0) is 12.3. The molecule has 1 unspecified atom stereocenters. The van der Waals surface area contributed by atoms with Crippen LogP contribution in [0.4, 0.5) is 0 Å². The van der Waals surface area contributed by atoms with Crippen molar-refractivity contribution in [1.82, 2.24) is 9.78 Å². The van der Waals surface area contributed by atoms with Gasteiger partial charge in [-0.2, -0.15) is 5.10 Å². The molecule has 0 aliphatic carbocycles. The van der Waals surface area contributed by atoms with E-state index in [1.165, 1.54) is 16.0 Å². The van der Waals surface area contributed by atoms with E-state index in [0.717, 1.165) is 0 Å². The third kappa shape index (κ3) is 3.11. The maximum absolute atomic E-state index is 5.84. The van der Waals surface area contributed by atoms with Crippen molar-refractivity contribution in [2.45, 2.75) is 17.1 Å². The number of aromatic nitrogens is 2. The van der Waals surface area contributed by atoms with Crippen molar-refractivity contribution in [2.24, 2.45) is 12.8 Å². The first-order valence-corrected chi connectivity index (χ1v) is 6.49. The van der Waals surface area contributed by atoms with Crippen LogP contribution in [0.25, 0.3) is 0 Å². The van der Waals surface area contributed by atoms with Gasteiger partial charge in [0.15, 0.2) is 0 Å². The highest BCUT2D eigenvalue weighted by Crippen LogP contribution is 2.34. The van der Waals surface area contributed by atoms with Crippen LogP contribution in [-0.2, 0) is 7.05 Å². The van der Waals surface area contributed by atoms with E-state index >= 15 is 0 Å². The van der Waals surface area contributed by atoms with E-state index in [-0.39, 0.29) is 5.25 Å². The summed E-state index contributed by atoms with van der Waals surface area (Å²) < 4.78 is 1.81. The van der Waals surface area contributed by atoms with E-state index in [4.69, 9.17) is 5.73 Å². The molecule has 1 atom stereocenters. The Morgan fingerprint density at radius 3 is 2.88 bits per heavy atom. The molecule has 2 aromatic rings. The van der Waals surface area contributed by atoms with Crippen molar-refractivity contribution in [2.75, 3.05) is 6.54 Å². The lowest BCUT2D eigenvalue weighted by Crippen LogP contribution is -2.08. The van der Waals surface area contributed by atoms with Gasteiger partial charge in [-0.3, -0.25) is 4.68 Å². The smallest absolute Gasteiger partial charge is 0.0533 e. The molecular weight excluding hydrogens is 230 g/mol. The Morgan fingerprint density at radius 2 is 2.29 bits per heavy atom. The van der Waals surface area contributed by atoms with Crippen LogP contribution in [0.3, 0.4) is 0 Å². The molecule has 1 aromatic heterocycles. The SMILES string of the molecule is Cc1cccc(SC(CN)c2cnn(C)c2)c1. The quantitative estimate of drug-likeness (QED) is 0.844. The van der Waals surface area contributed by atoms with Crippen LogP contribution in [0.2, 0.25) is 0 Å². The minimum atomic E-state index is 0.269. The lowest BCUT2D eigenvalue weighted by molar-refractivity contribution is 0.766. The van der Waals surface area contributed by atoms with Crippen molar-refractivity contribution >= 4 is 11.8 Å². The number of nitrogens with zero attached hydrogens (tertiary/aromatic N) is 2. The van der Waals surface area contributed by atoms with Crippen LogP contribution in [0.5, 0.6) is 0 Å². The Labute approximate surface area is 106 Å². The third-order valence-electron chi connectivity index (χ3n) is 2.58. The minimum absolute atomic E-state index is 0.269. The summed E-state index contributed by atoms with van der Waals surface area (Å²) in [4.78, 5) is 1.25. The van der Waals surface area contributed by atoms with Gasteiger partial charge in [0.1, 0.15) is 0 Å². The molecule has 2 rings (SSSR count). The Morgan fingerprint density at radius 1 is 1.47 bits per heavy atom. The summed E-state index contributed by atoms with van der Waals surface area (Å²) in [5.41, 5.74) is 8.30. The summed E-state index contributed by atoms with van der Waals surface area (Å²) in [6.45, 7) is 2.72. The molecule has 0 aliphatic rings. The zero-order valence-electron chi connectivity index (χ0n) is 10.1. The van der Waals surface area contributed by atoms with Crippen molar-refractivity contribution in [3.8, 4) is 0 Å². The molecule has 0 aliphatic heterocycles. The third-order valence-corrected chi connectivity index (χ3v) is 3.85. The number of hydrogen-bond donors (Lipinski definition) is 1. The lowest BCUT2D eigenvalue weighted by atomic mass is 10.2. The highest BCUT2D eigenvalue weighted by molar-refractivity contribution is 7.99. The van der Waals surface area contributed by atoms with Crippen molar-refractivity contribution in [3.05, 3.63) is 47.8 Å². The first kappa shape index (κ1) is 12.2. The zero-order valence-corrected chi connectivity index (χ0v) is 10.9. The highest BCUT2D eigenvalue weighted by atomic mass is 32.2. The van der Waals surface area contributed by atoms with E-state index in [0.29, 0.717) is 6.54 Å². The molecule has 0 spiro atoms. The number of rotatable bonds is 4. The molecule has 0 saturated heterocycles. The van der Waals surface area contributed by atoms with Gasteiger partial charge in [0.05, 0.1) is 6.20 Å². The maximum atomic E-state index is 5.84. The Hall–Kier alpha value is -1.26. The lowest BCUT2D eigenvalue weighted by Gasteiger charge is -2.12. The number of hydrogen-bond acceptors (Lipinski definition) is 3. The number of benzene rings is 1. The summed E-state index contributed by atoms with van der Waals surface area (Å²) in [6, 6.07) is 8.49. The molecule has 17 heavy (non-hydrogen) atoms. The van der Waals surface area contributed by atoms with Gasteiger partial charge in [-0.15, -0.1) is 11.8 Å². The molecule has 0 bridgehead atoms. The standard InChI is InChI=1S/C13H17N3S/c1-10-4-3-5-12(6-10)17-13(7-14)11-8-15-16(2)9-11/h3-6,8-9,13H,7,14H2,1-2H3. The molecule has 0 radical (unpaired) electrons. The number of thioether (sulfide) groups is 1. The van der Waals surface area contributed by atoms with E-state index in [1.807, 2.05) is 24.1 Å². The van der Waals surface area contributed by atoms with Gasteiger partial charge >= 0.3 is 0 Å². The van der Waals surface area contributed by atoms with Gasteiger partial charge in [0.2, 0.25) is 0 Å². The largest absolute Gasteiger partial charge is 0.329 e. The summed E-state index contributed by atoms with van der Waals surface area (Å²) in [6.07, 6.45) is 3.92. The molecule has 3 nitrogen and oxygen atoms in total. The fraction of sp³-hybridized carbons (Fsp3) is 0.308. The molecular formula is C13H17N3S. The van der Waals surface area contributed by atoms with E-state index in [1.54, 1.807) is 11.8 Å². The van der Waals surface area contributed by atoms with E-state index in [2.05, 4.69) is 36.3 Å². The van der Waals surface area contributed by atoms with Crippen LogP contribution in [0.15, 0.2) is 41.6 Å². The molecule has 1 heterocycles. The van der Waals surface area contributed by atoms with Crippen molar-refractivity contribution < 1.29 is 0 Å². The normalized spacial score (nSPS) is 12.6. The fourth-order valence-electron chi connectivity index (χ4n) is 1.71. The van der Waals surface area contributed by atoms with Gasteiger partial charge < -0.3 is 5.73 Å². The summed E-state index contributed by atoms with van der Waals surface area (Å²) in [7, 11) is 1.93. The summed E-state index contributed by atoms with van der Waals surface area (Å²) in [5.74, 6) is 0. The molecule has 0 saturated carbocycles. The number of nitrogens with two attached hydrogens (primary N) is 1. The molecule has 1 aromatic carbocycles. The van der Waals surface area contributed by atoms with Crippen molar-refractivity contribution in [3.63, 3.8) is 0 Å². The van der Waals surface area contributed by atoms with Gasteiger partial charge in [0.25, 0.3) is 0 Å². The summed E-state index contributed by atoms with van der Waals surface area (Å²) >= 11 is 1.79. The minimum Gasteiger partial charge on any atom is -0.329 e. The van der Waals surface area contributed by atoms with Gasteiger partial charge in [-0.05, 0) is 19.1 Å². The fourth-order valence-corrected chi connectivity index (χ4v) is 2.81. The van der Waals surface area contributed by atoms with E-state index < -0.39 is 0 Å². The second kappa shape index (κ2) is 5.38. The second-order valence-electron chi connectivity index (χ2n) is 4.11. The molecule has 0 amide bonds. The highest BCUT2D eigenvalue weighted by Gasteiger charge is 2.13. The number of aryl methyl sites for hydroxylation is 2. The average Bonchev–Trinajstić information content (AvgIpc) is 2.73. The topological polar surface area (TPSA) is 43.8 Å². The Balaban J connectivity index is 2.15. The first-order chi connectivity index (χ1) is 8.19. The van der Waals surface area contributed by atoms with Crippen LogP contribution in [0.1, 0.15) is 16.4 Å². The average molecular weight is 247 g/mol. The van der Waals surface area contributed by atoms with Crippen LogP contribution < -0.4 is 5.73 Å². The van der Waals surface area contributed by atoms with Crippen LogP contribution in [-0.4, -0.2) is 16.3 Å². The molecule has 0 fully saturated rings. The Kier molecular flexibility index (Phi) is 3.86. The molecule has 2 N–H and O–H groups in total. The maximum Gasteiger partial charge on any atom is 0.0533 e. The Bertz CT molecular complexity index is 493. The predicted molar refractivity (Wildman–Crippen MR) is 72.0 cm³/mol. The van der Waals surface area contributed by atoms with E-state index in [9.17, 15) is 0 Å². The molecule has 4 heteroatoms. The second-order valence-corrected chi connectivity index (χ2v) is 5.38. The predicted octanol–water partition coefficient (Wildman–Crippen LogP) is 2.52. The van der Waals surface area contributed by atoms with Crippen LogP contribution in [0, 0.1) is 6.92 Å². The van der Waals surface area contributed by atoms with Gasteiger partial charge in [0, 0.05) is 35.5 Å². The van der Waals surface area contributed by atoms with Crippen molar-refractivity contribution in [1.29, 1.82) is 0 Å².